The van der Waals surface area contributed by atoms with Gasteiger partial charge in [0.1, 0.15) is 5.69 Å². The predicted molar refractivity (Wildman–Crippen MR) is 96.1 cm³/mol. The molecule has 0 saturated carbocycles. The number of hydrogen-bond acceptors (Lipinski definition) is 6. The van der Waals surface area contributed by atoms with Gasteiger partial charge in [0.05, 0.1) is 10.5 Å². The minimum absolute atomic E-state index is 0. The number of para-hydroxylation sites is 2. The number of nitro benzene ring substituents is 1. The largest absolute Gasteiger partial charge is 0.381 e. The van der Waals surface area contributed by atoms with Gasteiger partial charge < -0.3 is 20.3 Å². The van der Waals surface area contributed by atoms with E-state index in [1.165, 1.54) is 6.07 Å². The summed E-state index contributed by atoms with van der Waals surface area (Å²) in [6.45, 7) is 3.18. The third-order valence-electron chi connectivity index (χ3n) is 4.80. The molecule has 1 aromatic carbocycles. The van der Waals surface area contributed by atoms with Crippen LogP contribution >= 0.6 is 12.4 Å². The summed E-state index contributed by atoms with van der Waals surface area (Å²) in [5.41, 5.74) is 6.13. The molecule has 2 N–H and O–H groups in total. The van der Waals surface area contributed by atoms with E-state index in [2.05, 4.69) is 0 Å². The average molecular weight is 371 g/mol. The number of amides is 1. The third kappa shape index (κ3) is 4.02. The lowest BCUT2D eigenvalue weighted by Crippen LogP contribution is -2.61. The molecule has 0 radical (unpaired) electrons. The van der Waals surface area contributed by atoms with Crippen LogP contribution in [-0.2, 0) is 9.53 Å². The molecule has 1 amide bonds. The summed E-state index contributed by atoms with van der Waals surface area (Å²) in [5, 5.41) is 11.2. The highest BCUT2D eigenvalue weighted by Crippen LogP contribution is 2.29. The van der Waals surface area contributed by atoms with Crippen molar-refractivity contribution in [3.63, 3.8) is 0 Å². The molecule has 2 fully saturated rings. The van der Waals surface area contributed by atoms with Gasteiger partial charge >= 0.3 is 0 Å². The van der Waals surface area contributed by atoms with Crippen molar-refractivity contribution in [2.75, 3.05) is 44.3 Å². The maximum absolute atomic E-state index is 12.7. The molecule has 2 aliphatic rings. The Kier molecular flexibility index (Phi) is 6.21. The summed E-state index contributed by atoms with van der Waals surface area (Å²) in [5.74, 6) is -0.0342. The van der Waals surface area contributed by atoms with Crippen molar-refractivity contribution < 1.29 is 14.5 Å². The highest BCUT2D eigenvalue weighted by molar-refractivity contribution is 5.86. The molecule has 138 valence electrons. The Balaban J connectivity index is 0.00000225. The second kappa shape index (κ2) is 7.99. The molecule has 25 heavy (non-hydrogen) atoms. The summed E-state index contributed by atoms with van der Waals surface area (Å²) in [6.07, 6.45) is 1.08. The van der Waals surface area contributed by atoms with Gasteiger partial charge in [-0.1, -0.05) is 12.1 Å². The molecule has 0 unspecified atom stereocenters. The maximum Gasteiger partial charge on any atom is 0.292 e. The minimum Gasteiger partial charge on any atom is -0.381 e. The van der Waals surface area contributed by atoms with Gasteiger partial charge in [0.25, 0.3) is 5.69 Å². The molecule has 0 atom stereocenters. The Labute approximate surface area is 152 Å². The van der Waals surface area contributed by atoms with E-state index in [-0.39, 0.29) is 28.9 Å². The average Bonchev–Trinajstić information content (AvgIpc) is 2.62. The van der Waals surface area contributed by atoms with E-state index in [1.807, 2.05) is 4.90 Å². The number of anilines is 1. The number of benzene rings is 1. The summed E-state index contributed by atoms with van der Waals surface area (Å²) in [7, 11) is 0. The summed E-state index contributed by atoms with van der Waals surface area (Å²) in [6, 6.07) is 6.70. The zero-order chi connectivity index (χ0) is 17.2. The van der Waals surface area contributed by atoms with Crippen LogP contribution in [0.25, 0.3) is 0 Å². The zero-order valence-electron chi connectivity index (χ0n) is 13.9. The number of hydrogen-bond donors (Lipinski definition) is 1. The lowest BCUT2D eigenvalue weighted by Gasteiger charge is -2.41. The van der Waals surface area contributed by atoms with Crippen molar-refractivity contribution in [1.29, 1.82) is 0 Å². The lowest BCUT2D eigenvalue weighted by atomic mass is 9.89. The number of carbonyl (C=O) groups is 1. The number of nitro groups is 1. The van der Waals surface area contributed by atoms with Crippen LogP contribution in [0, 0.1) is 10.1 Å². The summed E-state index contributed by atoms with van der Waals surface area (Å²) < 4.78 is 5.29. The van der Waals surface area contributed by atoms with E-state index >= 15 is 0 Å². The van der Waals surface area contributed by atoms with Crippen molar-refractivity contribution in [1.82, 2.24) is 4.90 Å². The van der Waals surface area contributed by atoms with Gasteiger partial charge in [-0.15, -0.1) is 12.4 Å². The summed E-state index contributed by atoms with van der Waals surface area (Å²) >= 11 is 0. The molecule has 3 rings (SSSR count). The monoisotopic (exact) mass is 370 g/mol. The van der Waals surface area contributed by atoms with Gasteiger partial charge in [0.2, 0.25) is 5.91 Å². The van der Waals surface area contributed by atoms with Crippen LogP contribution < -0.4 is 10.6 Å². The number of carbonyl (C=O) groups excluding carboxylic acids is 1. The van der Waals surface area contributed by atoms with Crippen LogP contribution in [0.4, 0.5) is 11.4 Å². The lowest BCUT2D eigenvalue weighted by molar-refractivity contribution is -0.384. The van der Waals surface area contributed by atoms with E-state index in [9.17, 15) is 14.9 Å². The Hall–Kier alpha value is -1.90. The van der Waals surface area contributed by atoms with E-state index < -0.39 is 5.54 Å². The van der Waals surface area contributed by atoms with Crippen LogP contribution in [0.5, 0.6) is 0 Å². The molecule has 8 nitrogen and oxygen atoms in total. The molecule has 1 aromatic rings. The fraction of sp³-hybridized carbons (Fsp3) is 0.562. The first-order valence-corrected chi connectivity index (χ1v) is 8.16. The second-order valence-electron chi connectivity index (χ2n) is 6.29. The number of piperazine rings is 1. The van der Waals surface area contributed by atoms with Crippen molar-refractivity contribution in [3.8, 4) is 0 Å². The van der Waals surface area contributed by atoms with Gasteiger partial charge in [-0.3, -0.25) is 14.9 Å². The Morgan fingerprint density at radius 1 is 1.16 bits per heavy atom. The van der Waals surface area contributed by atoms with Gasteiger partial charge in [-0.2, -0.15) is 0 Å². The first kappa shape index (κ1) is 19.4. The quantitative estimate of drug-likeness (QED) is 0.633. The van der Waals surface area contributed by atoms with Gasteiger partial charge in [0, 0.05) is 45.5 Å². The number of rotatable bonds is 3. The van der Waals surface area contributed by atoms with E-state index in [0.29, 0.717) is 57.9 Å². The first-order valence-electron chi connectivity index (χ1n) is 8.16. The van der Waals surface area contributed by atoms with Gasteiger partial charge in [-0.05, 0) is 18.9 Å². The number of ether oxygens (including phenoxy) is 1. The predicted octanol–water partition coefficient (Wildman–Crippen LogP) is 1.17. The highest BCUT2D eigenvalue weighted by Gasteiger charge is 2.40. The van der Waals surface area contributed by atoms with Crippen LogP contribution in [-0.4, -0.2) is 60.7 Å². The molecule has 2 saturated heterocycles. The second-order valence-corrected chi connectivity index (χ2v) is 6.29. The topological polar surface area (TPSA) is 102 Å². The molecule has 0 aliphatic carbocycles. The van der Waals surface area contributed by atoms with Gasteiger partial charge in [0.15, 0.2) is 0 Å². The third-order valence-corrected chi connectivity index (χ3v) is 4.80. The zero-order valence-corrected chi connectivity index (χ0v) is 14.7. The van der Waals surface area contributed by atoms with E-state index in [4.69, 9.17) is 10.5 Å². The molecule has 2 heterocycles. The van der Waals surface area contributed by atoms with Crippen LogP contribution in [0.3, 0.4) is 0 Å². The summed E-state index contributed by atoms with van der Waals surface area (Å²) in [4.78, 5) is 27.2. The number of nitrogens with zero attached hydrogens (tertiary/aromatic N) is 3. The fourth-order valence-corrected chi connectivity index (χ4v) is 3.30. The van der Waals surface area contributed by atoms with E-state index in [0.717, 1.165) is 0 Å². The van der Waals surface area contributed by atoms with Crippen molar-refractivity contribution in [2.45, 2.75) is 18.4 Å². The SMILES string of the molecule is Cl.NC1(C(=O)N2CCN(c3ccccc3[N+](=O)[O-])CC2)CCOCC1. The normalized spacial score (nSPS) is 19.9. The molecule has 0 spiro atoms. The van der Waals surface area contributed by atoms with Crippen LogP contribution in [0.2, 0.25) is 0 Å². The Morgan fingerprint density at radius 3 is 2.36 bits per heavy atom. The molecule has 0 bridgehead atoms. The molecular formula is C16H23ClN4O4. The fourth-order valence-electron chi connectivity index (χ4n) is 3.30. The van der Waals surface area contributed by atoms with Crippen molar-refractivity contribution >= 4 is 29.7 Å². The van der Waals surface area contributed by atoms with Gasteiger partial charge in [-0.25, -0.2) is 0 Å². The van der Waals surface area contributed by atoms with E-state index in [1.54, 1.807) is 23.1 Å². The van der Waals surface area contributed by atoms with Crippen LogP contribution in [0.1, 0.15) is 12.8 Å². The molecule has 0 aromatic heterocycles. The standard InChI is InChI=1S/C16H22N4O4.ClH/c17-16(5-11-24-12-6-16)15(21)19-9-7-18(8-10-19)13-3-1-2-4-14(13)20(22)23;/h1-4H,5-12,17H2;1H. The van der Waals surface area contributed by atoms with Crippen molar-refractivity contribution in [3.05, 3.63) is 34.4 Å². The smallest absolute Gasteiger partial charge is 0.292 e. The maximum atomic E-state index is 12.7. The highest BCUT2D eigenvalue weighted by atomic mass is 35.5. The molecule has 9 heteroatoms. The Morgan fingerprint density at radius 2 is 1.76 bits per heavy atom. The number of halogens is 1. The Bertz CT molecular complexity index is 628. The van der Waals surface area contributed by atoms with Crippen molar-refractivity contribution in [2.24, 2.45) is 5.73 Å². The minimum atomic E-state index is -0.834. The number of nitrogens with two attached hydrogens (primary N) is 1. The van der Waals surface area contributed by atoms with Crippen LogP contribution in [0.15, 0.2) is 24.3 Å². The molecular weight excluding hydrogens is 348 g/mol. The molecule has 2 aliphatic heterocycles. The first-order chi connectivity index (χ1) is 11.5.